The molecule has 13 rings (SSSR count). The van der Waals surface area contributed by atoms with Gasteiger partial charge in [0.2, 0.25) is 0 Å². The fourth-order valence-electron chi connectivity index (χ4n) is 14.9. The van der Waals surface area contributed by atoms with E-state index in [0.717, 1.165) is 32.1 Å². The molecule has 0 heterocycles. The van der Waals surface area contributed by atoms with E-state index in [0.29, 0.717) is 23.7 Å². The molecule has 3 aromatic carbocycles. The van der Waals surface area contributed by atoms with Gasteiger partial charge in [0, 0.05) is 11.8 Å². The lowest BCUT2D eigenvalue weighted by atomic mass is 9.68. The van der Waals surface area contributed by atoms with Crippen LogP contribution in [0, 0.1) is 23.7 Å². The smallest absolute Gasteiger partial charge is 0.00732 e. The highest BCUT2D eigenvalue weighted by Gasteiger charge is 2.35. The number of benzene rings is 3. The maximum absolute atomic E-state index is 2.78. The molecule has 0 heteroatoms. The normalized spacial score (nSPS) is 27.1. The van der Waals surface area contributed by atoms with Gasteiger partial charge in [-0.25, -0.2) is 0 Å². The van der Waals surface area contributed by atoms with Gasteiger partial charge in [-0.05, 0) is 282 Å². The predicted molar refractivity (Wildman–Crippen MR) is 273 cm³/mol. The lowest BCUT2D eigenvalue weighted by Gasteiger charge is -2.36. The van der Waals surface area contributed by atoms with Crippen LogP contribution >= 0.6 is 0 Å². The van der Waals surface area contributed by atoms with Gasteiger partial charge in [-0.2, -0.15) is 0 Å². The van der Waals surface area contributed by atoms with E-state index < -0.39 is 0 Å². The summed E-state index contributed by atoms with van der Waals surface area (Å²) in [4.78, 5) is 0. The van der Waals surface area contributed by atoms with Crippen molar-refractivity contribution in [3.05, 3.63) is 185 Å². The minimum Gasteiger partial charge on any atom is -0.0842 e. The first kappa shape index (κ1) is 39.2. The van der Waals surface area contributed by atoms with Crippen molar-refractivity contribution in [2.45, 2.75) is 130 Å². The monoisotopic (exact) mass is 833 g/mol. The molecule has 320 valence electrons. The van der Waals surface area contributed by atoms with Crippen LogP contribution in [-0.4, -0.2) is 0 Å². The number of fused-ring (bicyclic) bond motifs is 4. The van der Waals surface area contributed by atoms with Crippen LogP contribution in [0.4, 0.5) is 0 Å². The second-order valence-corrected chi connectivity index (χ2v) is 21.4. The summed E-state index contributed by atoms with van der Waals surface area (Å²) in [5.74, 6) is 2.03. The van der Waals surface area contributed by atoms with E-state index in [1.54, 1.807) is 83.2 Å². The molecule has 0 saturated heterocycles. The highest BCUT2D eigenvalue weighted by Crippen LogP contribution is 2.50. The highest BCUT2D eigenvalue weighted by molar-refractivity contribution is 6.14. The van der Waals surface area contributed by atoms with E-state index in [2.05, 4.69) is 125 Å². The SMILES string of the molecule is CC1=CCC2CCC=CC2=C1c1cc2c3c(c4c5c(cc(C6=C(C)CCC7=C6CCC=C7)cc5c3c1)=CC(C1=C3C=CCCC3CC=C1C)C4)CC(C1=C(C)CCC3=C1CCC=C3)C=2. The summed E-state index contributed by atoms with van der Waals surface area (Å²) in [5.41, 5.74) is 28.4. The Morgan fingerprint density at radius 2 is 1.02 bits per heavy atom. The summed E-state index contributed by atoms with van der Waals surface area (Å²) in [7, 11) is 0. The van der Waals surface area contributed by atoms with Crippen LogP contribution in [0.25, 0.3) is 44.8 Å². The van der Waals surface area contributed by atoms with Crippen LogP contribution in [0.1, 0.15) is 140 Å². The van der Waals surface area contributed by atoms with Crippen LogP contribution in [0.15, 0.2) is 152 Å². The summed E-state index contributed by atoms with van der Waals surface area (Å²) in [5, 5.41) is 9.05. The average molecular weight is 833 g/mol. The third-order valence-electron chi connectivity index (χ3n) is 17.8. The maximum atomic E-state index is 2.78. The Labute approximate surface area is 381 Å². The maximum Gasteiger partial charge on any atom is 0.00732 e. The van der Waals surface area contributed by atoms with Gasteiger partial charge < -0.3 is 0 Å². The van der Waals surface area contributed by atoms with Gasteiger partial charge in [-0.1, -0.05) is 89.6 Å². The molecule has 0 aliphatic heterocycles. The molecule has 0 N–H and O–H groups in total. The first-order valence-corrected chi connectivity index (χ1v) is 25.5. The molecule has 0 fully saturated rings. The Hall–Kier alpha value is -5.20. The van der Waals surface area contributed by atoms with Gasteiger partial charge in [-0.3, -0.25) is 0 Å². The average Bonchev–Trinajstić information content (AvgIpc) is 3.32. The molecular formula is C64H64. The Balaban J connectivity index is 1.14. The van der Waals surface area contributed by atoms with Crippen molar-refractivity contribution in [1.82, 2.24) is 0 Å². The quantitative estimate of drug-likeness (QED) is 0.230. The topological polar surface area (TPSA) is 0 Å². The largest absolute Gasteiger partial charge is 0.0842 e. The molecule has 4 unspecified atom stereocenters. The molecule has 0 amide bonds. The molecule has 0 bridgehead atoms. The van der Waals surface area contributed by atoms with Gasteiger partial charge in [0.15, 0.2) is 0 Å². The third kappa shape index (κ3) is 6.06. The molecule has 10 aliphatic carbocycles. The zero-order valence-electron chi connectivity index (χ0n) is 38.9. The molecule has 0 saturated carbocycles. The van der Waals surface area contributed by atoms with Gasteiger partial charge in [0.25, 0.3) is 0 Å². The summed E-state index contributed by atoms with van der Waals surface area (Å²) >= 11 is 0. The zero-order valence-corrected chi connectivity index (χ0v) is 38.9. The second-order valence-electron chi connectivity index (χ2n) is 21.4. The van der Waals surface area contributed by atoms with Crippen LogP contribution in [0.2, 0.25) is 0 Å². The first-order valence-electron chi connectivity index (χ1n) is 25.5. The Kier molecular flexibility index (Phi) is 9.30. The predicted octanol–water partition coefficient (Wildman–Crippen LogP) is 15.6. The minimum atomic E-state index is 0.364. The van der Waals surface area contributed by atoms with Crippen molar-refractivity contribution in [1.29, 1.82) is 0 Å². The van der Waals surface area contributed by atoms with Crippen LogP contribution in [0.5, 0.6) is 0 Å². The zero-order chi connectivity index (χ0) is 42.8. The van der Waals surface area contributed by atoms with Crippen molar-refractivity contribution in [3.8, 4) is 0 Å². The van der Waals surface area contributed by atoms with E-state index in [4.69, 9.17) is 0 Å². The third-order valence-corrected chi connectivity index (χ3v) is 17.8. The number of allylic oxidation sites excluding steroid dienone is 24. The van der Waals surface area contributed by atoms with Crippen LogP contribution in [-0.2, 0) is 12.8 Å². The number of hydrogen-bond acceptors (Lipinski definition) is 0. The molecule has 0 aromatic heterocycles. The van der Waals surface area contributed by atoms with E-state index in [1.807, 2.05) is 0 Å². The lowest BCUT2D eigenvalue weighted by molar-refractivity contribution is 0.546. The molecule has 4 atom stereocenters. The van der Waals surface area contributed by atoms with E-state index in [-0.39, 0.29) is 0 Å². The fraction of sp³-hybridized carbons (Fsp3) is 0.375. The van der Waals surface area contributed by atoms with Crippen molar-refractivity contribution in [3.63, 3.8) is 0 Å². The van der Waals surface area contributed by atoms with Crippen molar-refractivity contribution in [2.75, 3.05) is 0 Å². The summed E-state index contributed by atoms with van der Waals surface area (Å²) in [6.07, 6.45) is 49.4. The molecule has 64 heavy (non-hydrogen) atoms. The van der Waals surface area contributed by atoms with E-state index in [1.165, 1.54) is 120 Å². The lowest BCUT2D eigenvalue weighted by Crippen LogP contribution is -2.28. The van der Waals surface area contributed by atoms with Crippen LogP contribution in [0.3, 0.4) is 0 Å². The molecule has 0 nitrogen and oxygen atoms in total. The van der Waals surface area contributed by atoms with Gasteiger partial charge in [0.1, 0.15) is 0 Å². The summed E-state index contributed by atoms with van der Waals surface area (Å²) in [6, 6.07) is 10.7. The van der Waals surface area contributed by atoms with Crippen molar-refractivity contribution in [2.24, 2.45) is 23.7 Å². The summed E-state index contributed by atoms with van der Waals surface area (Å²) in [6.45, 7) is 9.74. The van der Waals surface area contributed by atoms with Gasteiger partial charge in [0.05, 0.1) is 0 Å². The molecular weight excluding hydrogens is 769 g/mol. The minimum absolute atomic E-state index is 0.364. The first-order chi connectivity index (χ1) is 31.4. The fourth-order valence-corrected chi connectivity index (χ4v) is 14.9. The molecule has 10 aliphatic rings. The molecule has 0 spiro atoms. The standard InChI is InChI=1S/C64H64/c1-37-21-25-41-13-5-9-17-51(41)59(37)47-29-45-30-48(60-38(2)22-26-42-14-6-10-18-52(42)60)35-57-58-36-50(62-40(4)24-28-44-16-8-12-20-54(44)62)32-46-31-49(34-56(64(46)58)55(33-47)63(45)57)61-39(3)23-27-43-15-7-11-19-53(43)61/h5,8,10-11,13,16,18-19,22-23,29-34,42-43,48,50H,6-7,9,12,14-15,17,20-21,24-28,35-36H2,1-4H3. The van der Waals surface area contributed by atoms with Gasteiger partial charge >= 0.3 is 0 Å². The Morgan fingerprint density at radius 3 is 1.70 bits per heavy atom. The van der Waals surface area contributed by atoms with E-state index in [9.17, 15) is 0 Å². The molecule has 0 radical (unpaired) electrons. The van der Waals surface area contributed by atoms with E-state index >= 15 is 0 Å². The number of rotatable bonds is 4. The number of hydrogen-bond donors (Lipinski definition) is 0. The highest BCUT2D eigenvalue weighted by atomic mass is 14.4. The van der Waals surface area contributed by atoms with Crippen molar-refractivity contribution >= 4 is 44.8 Å². The van der Waals surface area contributed by atoms with Gasteiger partial charge in [-0.15, -0.1) is 0 Å². The second kappa shape index (κ2) is 15.2. The molecule has 3 aromatic rings. The van der Waals surface area contributed by atoms with Crippen molar-refractivity contribution < 1.29 is 0 Å². The summed E-state index contributed by atoms with van der Waals surface area (Å²) < 4.78 is 0. The van der Waals surface area contributed by atoms with Crippen LogP contribution < -0.4 is 10.4 Å². The Morgan fingerprint density at radius 1 is 0.469 bits per heavy atom. The Bertz CT molecular complexity index is 3190.